The summed E-state index contributed by atoms with van der Waals surface area (Å²) in [4.78, 5) is 22.6. The standard InChI is InChI=1S/C15H22N6O2S/c1-9-6-10(2)21(19-9)13-7-12(17-15(18-13)24-3)20-4-5-23-11(8-20)14(16)22/h6-7,9,11,19H,4-5,8H2,1-3H3,(H2,16,22). The first-order chi connectivity index (χ1) is 11.5. The molecule has 1 saturated heterocycles. The summed E-state index contributed by atoms with van der Waals surface area (Å²) in [7, 11) is 0. The van der Waals surface area contributed by atoms with Crippen molar-refractivity contribution in [3.05, 3.63) is 17.8 Å². The maximum atomic E-state index is 11.4. The molecule has 0 bridgehead atoms. The van der Waals surface area contributed by atoms with Crippen molar-refractivity contribution in [1.29, 1.82) is 0 Å². The molecule has 1 fully saturated rings. The molecule has 3 heterocycles. The fourth-order valence-corrected chi connectivity index (χ4v) is 3.19. The maximum absolute atomic E-state index is 11.4. The number of carbonyl (C=O) groups is 1. The summed E-state index contributed by atoms with van der Waals surface area (Å²) in [6, 6.07) is 2.18. The molecule has 3 rings (SSSR count). The molecule has 0 radical (unpaired) electrons. The van der Waals surface area contributed by atoms with Gasteiger partial charge in [0, 0.05) is 24.4 Å². The van der Waals surface area contributed by atoms with Crippen LogP contribution in [-0.4, -0.2) is 54.0 Å². The van der Waals surface area contributed by atoms with E-state index in [4.69, 9.17) is 10.5 Å². The molecule has 2 aliphatic heterocycles. The van der Waals surface area contributed by atoms with Crippen LogP contribution >= 0.6 is 11.8 Å². The summed E-state index contributed by atoms with van der Waals surface area (Å²) >= 11 is 1.48. The van der Waals surface area contributed by atoms with Gasteiger partial charge in [0.15, 0.2) is 17.1 Å². The Bertz CT molecular complexity index is 667. The lowest BCUT2D eigenvalue weighted by Gasteiger charge is -2.33. The van der Waals surface area contributed by atoms with E-state index in [-0.39, 0.29) is 6.04 Å². The Labute approximate surface area is 145 Å². The quantitative estimate of drug-likeness (QED) is 0.599. The fraction of sp³-hybridized carbons (Fsp3) is 0.533. The average molecular weight is 350 g/mol. The van der Waals surface area contributed by atoms with Crippen LogP contribution in [0.25, 0.3) is 0 Å². The van der Waals surface area contributed by atoms with Crippen molar-refractivity contribution in [2.75, 3.05) is 35.9 Å². The van der Waals surface area contributed by atoms with Gasteiger partial charge in [-0.25, -0.2) is 15.4 Å². The van der Waals surface area contributed by atoms with Gasteiger partial charge in [-0.3, -0.25) is 9.80 Å². The van der Waals surface area contributed by atoms with Gasteiger partial charge < -0.3 is 15.4 Å². The zero-order chi connectivity index (χ0) is 17.3. The minimum atomic E-state index is -0.610. The first-order valence-corrected chi connectivity index (χ1v) is 9.04. The summed E-state index contributed by atoms with van der Waals surface area (Å²) in [6.07, 6.45) is 3.47. The molecular weight excluding hydrogens is 328 g/mol. The molecule has 130 valence electrons. The van der Waals surface area contributed by atoms with E-state index in [1.165, 1.54) is 11.8 Å². The largest absolute Gasteiger partial charge is 0.367 e. The molecule has 1 aromatic heterocycles. The number of anilines is 2. The Kier molecular flexibility index (Phi) is 4.93. The summed E-state index contributed by atoms with van der Waals surface area (Å²) in [5.74, 6) is 1.10. The third-order valence-electron chi connectivity index (χ3n) is 3.97. The zero-order valence-electron chi connectivity index (χ0n) is 14.0. The minimum Gasteiger partial charge on any atom is -0.367 e. The number of nitrogens with one attached hydrogen (secondary N) is 1. The Balaban J connectivity index is 1.89. The molecule has 0 saturated carbocycles. The highest BCUT2D eigenvalue weighted by Gasteiger charge is 2.27. The number of primary amides is 1. The van der Waals surface area contributed by atoms with E-state index < -0.39 is 12.0 Å². The molecule has 24 heavy (non-hydrogen) atoms. The van der Waals surface area contributed by atoms with Crippen molar-refractivity contribution < 1.29 is 9.53 Å². The van der Waals surface area contributed by atoms with E-state index in [0.717, 1.165) is 17.3 Å². The molecule has 2 aliphatic rings. The van der Waals surface area contributed by atoms with Crippen molar-refractivity contribution >= 4 is 29.3 Å². The molecule has 2 unspecified atom stereocenters. The van der Waals surface area contributed by atoms with Gasteiger partial charge in [0.2, 0.25) is 5.91 Å². The number of morpholine rings is 1. The van der Waals surface area contributed by atoms with Gasteiger partial charge in [0.1, 0.15) is 5.82 Å². The maximum Gasteiger partial charge on any atom is 0.248 e. The first kappa shape index (κ1) is 17.0. The fourth-order valence-electron chi connectivity index (χ4n) is 2.82. The Hall–Kier alpha value is -1.84. The number of allylic oxidation sites excluding steroid dienone is 1. The van der Waals surface area contributed by atoms with Crippen LogP contribution in [0, 0.1) is 0 Å². The lowest BCUT2D eigenvalue weighted by Crippen LogP contribution is -2.48. The highest BCUT2D eigenvalue weighted by Crippen LogP contribution is 2.27. The Morgan fingerprint density at radius 1 is 1.46 bits per heavy atom. The SMILES string of the molecule is CSc1nc(N2CCOC(C(N)=O)C2)cc(N2NC(C)C=C2C)n1. The second-order valence-electron chi connectivity index (χ2n) is 5.84. The number of thioether (sulfide) groups is 1. The summed E-state index contributed by atoms with van der Waals surface area (Å²) in [5, 5.41) is 2.64. The molecule has 8 nitrogen and oxygen atoms in total. The number of aromatic nitrogens is 2. The number of nitrogens with two attached hydrogens (primary N) is 1. The highest BCUT2D eigenvalue weighted by atomic mass is 32.2. The molecular formula is C15H22N6O2S. The summed E-state index contributed by atoms with van der Waals surface area (Å²) in [6.45, 7) is 5.62. The van der Waals surface area contributed by atoms with E-state index in [2.05, 4.69) is 28.4 Å². The molecule has 1 aromatic rings. The van der Waals surface area contributed by atoms with Crippen LogP contribution in [0.5, 0.6) is 0 Å². The lowest BCUT2D eigenvalue weighted by atomic mass is 10.2. The number of hydrazine groups is 1. The third kappa shape index (κ3) is 3.47. The molecule has 0 aromatic carbocycles. The van der Waals surface area contributed by atoms with Crippen molar-refractivity contribution in [2.45, 2.75) is 31.1 Å². The van der Waals surface area contributed by atoms with Gasteiger partial charge in [0.25, 0.3) is 0 Å². The zero-order valence-corrected chi connectivity index (χ0v) is 14.8. The van der Waals surface area contributed by atoms with Crippen molar-refractivity contribution in [1.82, 2.24) is 15.4 Å². The van der Waals surface area contributed by atoms with Gasteiger partial charge in [0.05, 0.1) is 13.2 Å². The molecule has 0 spiro atoms. The third-order valence-corrected chi connectivity index (χ3v) is 4.52. The number of ether oxygens (including phenoxy) is 1. The summed E-state index contributed by atoms with van der Waals surface area (Å²) in [5.41, 5.74) is 9.82. The van der Waals surface area contributed by atoms with Gasteiger partial charge in [-0.2, -0.15) is 0 Å². The Morgan fingerprint density at radius 3 is 2.83 bits per heavy atom. The van der Waals surface area contributed by atoms with Gasteiger partial charge in [-0.15, -0.1) is 0 Å². The number of hydrogen-bond donors (Lipinski definition) is 2. The van der Waals surface area contributed by atoms with Gasteiger partial charge in [-0.1, -0.05) is 11.8 Å². The van der Waals surface area contributed by atoms with Crippen LogP contribution < -0.4 is 21.1 Å². The smallest absolute Gasteiger partial charge is 0.248 e. The van der Waals surface area contributed by atoms with Crippen molar-refractivity contribution in [2.24, 2.45) is 5.73 Å². The normalized spacial score (nSPS) is 24.2. The van der Waals surface area contributed by atoms with Gasteiger partial charge >= 0.3 is 0 Å². The van der Waals surface area contributed by atoms with Gasteiger partial charge in [-0.05, 0) is 26.2 Å². The van der Waals surface area contributed by atoms with E-state index in [1.54, 1.807) is 0 Å². The highest BCUT2D eigenvalue weighted by molar-refractivity contribution is 7.98. The van der Waals surface area contributed by atoms with Crippen LogP contribution in [0.1, 0.15) is 13.8 Å². The number of rotatable bonds is 4. The number of carbonyl (C=O) groups excluding carboxylic acids is 1. The molecule has 3 N–H and O–H groups in total. The minimum absolute atomic E-state index is 0.253. The first-order valence-electron chi connectivity index (χ1n) is 7.81. The number of hydrogen-bond acceptors (Lipinski definition) is 8. The van der Waals surface area contributed by atoms with Crippen LogP contribution in [-0.2, 0) is 9.53 Å². The van der Waals surface area contributed by atoms with Crippen LogP contribution in [0.4, 0.5) is 11.6 Å². The van der Waals surface area contributed by atoms with Crippen LogP contribution in [0.2, 0.25) is 0 Å². The molecule has 2 atom stereocenters. The average Bonchev–Trinajstić information content (AvgIpc) is 2.93. The van der Waals surface area contributed by atoms with Crippen molar-refractivity contribution in [3.63, 3.8) is 0 Å². The second kappa shape index (κ2) is 6.96. The molecule has 1 amide bonds. The van der Waals surface area contributed by atoms with E-state index in [0.29, 0.717) is 24.9 Å². The molecule has 0 aliphatic carbocycles. The second-order valence-corrected chi connectivity index (χ2v) is 6.61. The Morgan fingerprint density at radius 2 is 2.21 bits per heavy atom. The van der Waals surface area contributed by atoms with Crippen molar-refractivity contribution in [3.8, 4) is 0 Å². The van der Waals surface area contributed by atoms with E-state index in [1.807, 2.05) is 29.2 Å². The monoisotopic (exact) mass is 350 g/mol. The number of amides is 1. The topological polar surface area (TPSA) is 96.6 Å². The predicted octanol–water partition coefficient (Wildman–Crippen LogP) is 0.506. The van der Waals surface area contributed by atoms with E-state index >= 15 is 0 Å². The molecule has 9 heteroatoms. The summed E-state index contributed by atoms with van der Waals surface area (Å²) < 4.78 is 5.41. The predicted molar refractivity (Wildman–Crippen MR) is 93.8 cm³/mol. The lowest BCUT2D eigenvalue weighted by molar-refractivity contribution is -0.130. The van der Waals surface area contributed by atoms with Crippen LogP contribution in [0.15, 0.2) is 23.0 Å². The van der Waals surface area contributed by atoms with E-state index in [9.17, 15) is 4.79 Å². The number of nitrogens with zero attached hydrogens (tertiary/aromatic N) is 4. The van der Waals surface area contributed by atoms with Crippen LogP contribution in [0.3, 0.4) is 0 Å².